The van der Waals surface area contributed by atoms with Gasteiger partial charge in [-0.2, -0.15) is 0 Å². The second-order valence-corrected chi connectivity index (χ2v) is 5.11. The molecule has 0 heteroatoms. The van der Waals surface area contributed by atoms with Crippen LogP contribution in [0.5, 0.6) is 0 Å². The lowest BCUT2D eigenvalue weighted by Gasteiger charge is -2.39. The van der Waals surface area contributed by atoms with Gasteiger partial charge in [0.05, 0.1) is 0 Å². The molecule has 3 atom stereocenters. The maximum absolute atomic E-state index is 2.42. The fourth-order valence-corrected chi connectivity index (χ4v) is 3.41. The Labute approximate surface area is 86.3 Å². The smallest absolute Gasteiger partial charge is 0.00876 e. The van der Waals surface area contributed by atoms with Crippen LogP contribution in [0.3, 0.4) is 0 Å². The van der Waals surface area contributed by atoms with Crippen LogP contribution < -0.4 is 0 Å². The molecule has 1 fully saturated rings. The predicted octanol–water partition coefficient (Wildman–Crippen LogP) is 4.08. The van der Waals surface area contributed by atoms with Crippen LogP contribution in [0, 0.1) is 5.92 Å². The van der Waals surface area contributed by atoms with E-state index in [0.717, 1.165) is 17.8 Å². The van der Waals surface area contributed by atoms with Gasteiger partial charge in [0.1, 0.15) is 0 Å². The van der Waals surface area contributed by atoms with Crippen molar-refractivity contribution in [3.05, 3.63) is 35.4 Å². The lowest BCUT2D eigenvalue weighted by Crippen LogP contribution is -2.23. The van der Waals surface area contributed by atoms with Crippen LogP contribution in [0.2, 0.25) is 0 Å². The first-order valence-corrected chi connectivity index (χ1v) is 5.95. The zero-order valence-electron chi connectivity index (χ0n) is 8.87. The van der Waals surface area contributed by atoms with Gasteiger partial charge in [0, 0.05) is 0 Å². The van der Waals surface area contributed by atoms with Crippen molar-refractivity contribution in [2.45, 2.75) is 44.4 Å². The molecule has 0 amide bonds. The third-order valence-corrected chi connectivity index (χ3v) is 4.15. The molecule has 1 aromatic carbocycles. The third kappa shape index (κ3) is 1.13. The van der Waals surface area contributed by atoms with E-state index < -0.39 is 0 Å². The average molecular weight is 186 g/mol. The van der Waals surface area contributed by atoms with E-state index in [-0.39, 0.29) is 0 Å². The Morgan fingerprint density at radius 3 is 2.50 bits per heavy atom. The number of fused-ring (bicyclic) bond motifs is 4. The summed E-state index contributed by atoms with van der Waals surface area (Å²) in [5, 5.41) is 0. The molecule has 0 saturated heterocycles. The number of benzene rings is 1. The number of rotatable bonds is 0. The van der Waals surface area contributed by atoms with E-state index in [4.69, 9.17) is 0 Å². The van der Waals surface area contributed by atoms with Crippen molar-refractivity contribution in [1.82, 2.24) is 0 Å². The SMILES string of the molecule is CC1CCCC2c3ccccc3C2C1. The van der Waals surface area contributed by atoms with Crippen molar-refractivity contribution in [1.29, 1.82) is 0 Å². The molecule has 2 aliphatic rings. The van der Waals surface area contributed by atoms with Crippen molar-refractivity contribution in [2.75, 3.05) is 0 Å². The molecule has 0 aliphatic heterocycles. The van der Waals surface area contributed by atoms with Crippen LogP contribution in [-0.2, 0) is 0 Å². The van der Waals surface area contributed by atoms with Crippen LogP contribution in [0.4, 0.5) is 0 Å². The summed E-state index contributed by atoms with van der Waals surface area (Å²) in [5.74, 6) is 2.76. The Bertz CT molecular complexity index is 340. The van der Waals surface area contributed by atoms with E-state index in [9.17, 15) is 0 Å². The summed E-state index contributed by atoms with van der Waals surface area (Å²) in [7, 11) is 0. The molecule has 0 spiro atoms. The highest BCUT2D eigenvalue weighted by Crippen LogP contribution is 2.54. The zero-order chi connectivity index (χ0) is 9.54. The molecule has 0 aromatic heterocycles. The first kappa shape index (κ1) is 8.52. The van der Waals surface area contributed by atoms with E-state index in [1.54, 1.807) is 11.1 Å². The summed E-state index contributed by atoms with van der Waals surface area (Å²) in [6.45, 7) is 2.42. The van der Waals surface area contributed by atoms with Gasteiger partial charge in [-0.15, -0.1) is 0 Å². The Balaban J connectivity index is 1.94. The molecule has 14 heavy (non-hydrogen) atoms. The maximum atomic E-state index is 2.42. The normalized spacial score (nSPS) is 35.1. The van der Waals surface area contributed by atoms with Gasteiger partial charge in [0.15, 0.2) is 0 Å². The number of hydrogen-bond donors (Lipinski definition) is 0. The fraction of sp³-hybridized carbons (Fsp3) is 0.571. The zero-order valence-corrected chi connectivity index (χ0v) is 8.87. The van der Waals surface area contributed by atoms with Gasteiger partial charge in [-0.25, -0.2) is 0 Å². The second kappa shape index (κ2) is 3.12. The topological polar surface area (TPSA) is 0 Å². The summed E-state index contributed by atoms with van der Waals surface area (Å²) < 4.78 is 0. The Hall–Kier alpha value is -0.780. The van der Waals surface area contributed by atoms with Crippen molar-refractivity contribution in [2.24, 2.45) is 5.92 Å². The summed E-state index contributed by atoms with van der Waals surface area (Å²) in [6, 6.07) is 9.08. The maximum Gasteiger partial charge on any atom is -0.00876 e. The minimum absolute atomic E-state index is 0.906. The van der Waals surface area contributed by atoms with Gasteiger partial charge in [-0.3, -0.25) is 0 Å². The summed E-state index contributed by atoms with van der Waals surface area (Å²) in [5.41, 5.74) is 3.32. The average Bonchev–Trinajstić information content (AvgIpc) is 2.36. The summed E-state index contributed by atoms with van der Waals surface area (Å²) >= 11 is 0. The van der Waals surface area contributed by atoms with Crippen LogP contribution in [0.1, 0.15) is 55.6 Å². The minimum Gasteiger partial charge on any atom is -0.0625 e. The van der Waals surface area contributed by atoms with Crippen LogP contribution in [-0.4, -0.2) is 0 Å². The highest BCUT2D eigenvalue weighted by Gasteiger charge is 2.38. The number of hydrogen-bond acceptors (Lipinski definition) is 0. The highest BCUT2D eigenvalue weighted by molar-refractivity contribution is 5.45. The van der Waals surface area contributed by atoms with E-state index in [1.165, 1.54) is 25.7 Å². The van der Waals surface area contributed by atoms with E-state index in [1.807, 2.05) is 0 Å². The molecule has 1 aromatic rings. The molecule has 3 unspecified atom stereocenters. The quantitative estimate of drug-likeness (QED) is 0.572. The first-order valence-electron chi connectivity index (χ1n) is 5.95. The van der Waals surface area contributed by atoms with Crippen molar-refractivity contribution in [3.8, 4) is 0 Å². The van der Waals surface area contributed by atoms with E-state index in [0.29, 0.717) is 0 Å². The highest BCUT2D eigenvalue weighted by atomic mass is 14.4. The van der Waals surface area contributed by atoms with Gasteiger partial charge >= 0.3 is 0 Å². The molecule has 0 bridgehead atoms. The van der Waals surface area contributed by atoms with Gasteiger partial charge < -0.3 is 0 Å². The van der Waals surface area contributed by atoms with Crippen molar-refractivity contribution in [3.63, 3.8) is 0 Å². The van der Waals surface area contributed by atoms with Gasteiger partial charge in [-0.1, -0.05) is 44.0 Å². The minimum atomic E-state index is 0.906. The molecule has 3 rings (SSSR count). The molecule has 0 radical (unpaired) electrons. The fourth-order valence-electron chi connectivity index (χ4n) is 3.41. The molecular weight excluding hydrogens is 168 g/mol. The monoisotopic (exact) mass is 186 g/mol. The molecule has 2 aliphatic carbocycles. The van der Waals surface area contributed by atoms with Crippen molar-refractivity contribution < 1.29 is 0 Å². The summed E-state index contributed by atoms with van der Waals surface area (Å²) in [4.78, 5) is 0. The van der Waals surface area contributed by atoms with Crippen LogP contribution in [0.15, 0.2) is 24.3 Å². The molecule has 0 nitrogen and oxygen atoms in total. The van der Waals surface area contributed by atoms with Crippen LogP contribution >= 0.6 is 0 Å². The Morgan fingerprint density at radius 2 is 1.71 bits per heavy atom. The summed E-state index contributed by atoms with van der Waals surface area (Å²) in [6.07, 6.45) is 5.76. The Morgan fingerprint density at radius 1 is 1.00 bits per heavy atom. The first-order chi connectivity index (χ1) is 6.86. The largest absolute Gasteiger partial charge is 0.0625 e. The van der Waals surface area contributed by atoms with Crippen LogP contribution in [0.25, 0.3) is 0 Å². The molecule has 74 valence electrons. The lowest BCUT2D eigenvalue weighted by molar-refractivity contribution is 0.407. The van der Waals surface area contributed by atoms with Gasteiger partial charge in [0.2, 0.25) is 0 Å². The molecule has 0 heterocycles. The standard InChI is InChI=1S/C14H18/c1-10-5-4-8-13-11-6-2-3-7-12(11)14(13)9-10/h2-3,6-7,10,13-14H,4-5,8-9H2,1H3. The van der Waals surface area contributed by atoms with Gasteiger partial charge in [0.25, 0.3) is 0 Å². The predicted molar refractivity (Wildman–Crippen MR) is 59.6 cm³/mol. The molecule has 1 saturated carbocycles. The molecular formula is C14H18. The van der Waals surface area contributed by atoms with E-state index in [2.05, 4.69) is 31.2 Å². The molecule has 0 N–H and O–H groups in total. The van der Waals surface area contributed by atoms with E-state index >= 15 is 0 Å². The lowest BCUT2D eigenvalue weighted by atomic mass is 9.65. The van der Waals surface area contributed by atoms with Gasteiger partial charge in [-0.05, 0) is 41.7 Å². The van der Waals surface area contributed by atoms with Crippen molar-refractivity contribution >= 4 is 0 Å². The second-order valence-electron chi connectivity index (χ2n) is 5.11. The Kier molecular flexibility index (Phi) is 1.90. The third-order valence-electron chi connectivity index (χ3n) is 4.15.